The highest BCUT2D eigenvalue weighted by molar-refractivity contribution is 5.92. The molecule has 0 aromatic rings. The lowest BCUT2D eigenvalue weighted by atomic mass is 10.0. The molecule has 86 valence electrons. The van der Waals surface area contributed by atoms with E-state index in [0.29, 0.717) is 12.1 Å². The molecule has 2 unspecified atom stereocenters. The Morgan fingerprint density at radius 1 is 1.60 bits per heavy atom. The Bertz CT molecular complexity index is 248. The predicted octanol–water partition coefficient (Wildman–Crippen LogP) is 1.60. The first-order chi connectivity index (χ1) is 7.13. The quantitative estimate of drug-likeness (QED) is 0.695. The maximum absolute atomic E-state index is 11.7. The average molecular weight is 210 g/mol. The van der Waals surface area contributed by atoms with Gasteiger partial charge in [-0.2, -0.15) is 0 Å². The van der Waals surface area contributed by atoms with E-state index in [4.69, 9.17) is 0 Å². The minimum absolute atomic E-state index is 0.0935. The van der Waals surface area contributed by atoms with E-state index >= 15 is 0 Å². The number of allylic oxidation sites excluding steroid dienone is 1. The summed E-state index contributed by atoms with van der Waals surface area (Å²) in [7, 11) is 0. The Labute approximate surface area is 92.3 Å². The highest BCUT2D eigenvalue weighted by Crippen LogP contribution is 2.09. The molecule has 1 amide bonds. The highest BCUT2D eigenvalue weighted by Gasteiger charge is 2.19. The van der Waals surface area contributed by atoms with Crippen molar-refractivity contribution >= 4 is 5.91 Å². The van der Waals surface area contributed by atoms with Crippen molar-refractivity contribution in [3.05, 3.63) is 11.6 Å². The van der Waals surface area contributed by atoms with Crippen LogP contribution in [-0.4, -0.2) is 24.5 Å². The molecule has 2 atom stereocenters. The minimum Gasteiger partial charge on any atom is -0.349 e. The first kappa shape index (κ1) is 12.2. The Morgan fingerprint density at radius 2 is 2.33 bits per heavy atom. The van der Waals surface area contributed by atoms with Crippen molar-refractivity contribution in [2.45, 2.75) is 52.1 Å². The van der Waals surface area contributed by atoms with E-state index in [1.165, 1.54) is 0 Å². The summed E-state index contributed by atoms with van der Waals surface area (Å²) in [5, 5.41) is 6.46. The zero-order valence-corrected chi connectivity index (χ0v) is 9.97. The molecule has 0 spiro atoms. The normalized spacial score (nSPS) is 27.5. The summed E-state index contributed by atoms with van der Waals surface area (Å²) >= 11 is 0. The van der Waals surface area contributed by atoms with Crippen LogP contribution < -0.4 is 10.6 Å². The SMILES string of the molecule is CC/C=C(/C)C(=O)NC1CCNC(C)C1. The zero-order valence-electron chi connectivity index (χ0n) is 9.97. The van der Waals surface area contributed by atoms with E-state index < -0.39 is 0 Å². The third-order valence-electron chi connectivity index (χ3n) is 2.83. The number of hydrogen-bond acceptors (Lipinski definition) is 2. The summed E-state index contributed by atoms with van der Waals surface area (Å²) in [4.78, 5) is 11.7. The third kappa shape index (κ3) is 4.04. The Hall–Kier alpha value is -0.830. The Kier molecular flexibility index (Phi) is 4.82. The summed E-state index contributed by atoms with van der Waals surface area (Å²) in [6.45, 7) is 7.09. The standard InChI is InChI=1S/C12H22N2O/c1-4-5-9(2)12(15)14-11-6-7-13-10(3)8-11/h5,10-11,13H,4,6-8H2,1-3H3,(H,14,15)/b9-5-. The molecule has 0 radical (unpaired) electrons. The van der Waals surface area contributed by atoms with Crippen molar-refractivity contribution in [1.82, 2.24) is 10.6 Å². The molecule has 0 aromatic carbocycles. The van der Waals surface area contributed by atoms with Crippen LogP contribution in [0.2, 0.25) is 0 Å². The number of amides is 1. The fourth-order valence-electron chi connectivity index (χ4n) is 1.96. The highest BCUT2D eigenvalue weighted by atomic mass is 16.1. The van der Waals surface area contributed by atoms with E-state index in [1.807, 2.05) is 19.9 Å². The third-order valence-corrected chi connectivity index (χ3v) is 2.83. The van der Waals surface area contributed by atoms with Crippen LogP contribution in [0.15, 0.2) is 11.6 Å². The van der Waals surface area contributed by atoms with Crippen LogP contribution in [-0.2, 0) is 4.79 Å². The molecule has 0 aromatic heterocycles. The summed E-state index contributed by atoms with van der Waals surface area (Å²) in [6, 6.07) is 0.855. The fraction of sp³-hybridized carbons (Fsp3) is 0.750. The van der Waals surface area contributed by atoms with Crippen molar-refractivity contribution in [3.63, 3.8) is 0 Å². The van der Waals surface area contributed by atoms with Gasteiger partial charge in [-0.1, -0.05) is 13.0 Å². The minimum atomic E-state index is 0.0935. The Balaban J connectivity index is 2.40. The molecule has 0 aliphatic carbocycles. The second-order valence-electron chi connectivity index (χ2n) is 4.35. The molecule has 1 aliphatic rings. The van der Waals surface area contributed by atoms with Crippen molar-refractivity contribution in [2.75, 3.05) is 6.54 Å². The molecule has 1 saturated heterocycles. The molecule has 3 nitrogen and oxygen atoms in total. The molecule has 1 aliphatic heterocycles. The van der Waals surface area contributed by atoms with Gasteiger partial charge in [-0.05, 0) is 39.7 Å². The molecule has 1 rings (SSSR count). The summed E-state index contributed by atoms with van der Waals surface area (Å²) in [5.41, 5.74) is 0.837. The van der Waals surface area contributed by atoms with Crippen LogP contribution in [0, 0.1) is 0 Å². The molecule has 2 N–H and O–H groups in total. The first-order valence-electron chi connectivity index (χ1n) is 5.84. The van der Waals surface area contributed by atoms with Gasteiger partial charge in [0.15, 0.2) is 0 Å². The fourth-order valence-corrected chi connectivity index (χ4v) is 1.96. The monoisotopic (exact) mass is 210 g/mol. The summed E-state index contributed by atoms with van der Waals surface area (Å²) in [6.07, 6.45) is 4.96. The second kappa shape index (κ2) is 5.91. The van der Waals surface area contributed by atoms with Crippen molar-refractivity contribution in [3.8, 4) is 0 Å². The van der Waals surface area contributed by atoms with Crippen molar-refractivity contribution in [1.29, 1.82) is 0 Å². The van der Waals surface area contributed by atoms with Crippen molar-refractivity contribution < 1.29 is 4.79 Å². The number of carbonyl (C=O) groups is 1. The molecule has 1 heterocycles. The summed E-state index contributed by atoms with van der Waals surface area (Å²) < 4.78 is 0. The van der Waals surface area contributed by atoms with E-state index in [9.17, 15) is 4.79 Å². The van der Waals surface area contributed by atoms with Gasteiger partial charge in [0.2, 0.25) is 5.91 Å². The lowest BCUT2D eigenvalue weighted by Crippen LogP contribution is -2.46. The predicted molar refractivity (Wildman–Crippen MR) is 62.7 cm³/mol. The number of carbonyl (C=O) groups excluding carboxylic acids is 1. The summed E-state index contributed by atoms with van der Waals surface area (Å²) in [5.74, 6) is 0.0935. The van der Waals surface area contributed by atoms with Gasteiger partial charge in [0.25, 0.3) is 0 Å². The van der Waals surface area contributed by atoms with Gasteiger partial charge in [0, 0.05) is 17.7 Å². The van der Waals surface area contributed by atoms with Crippen LogP contribution in [0.5, 0.6) is 0 Å². The van der Waals surface area contributed by atoms with Gasteiger partial charge in [-0.15, -0.1) is 0 Å². The van der Waals surface area contributed by atoms with Crippen molar-refractivity contribution in [2.24, 2.45) is 0 Å². The lowest BCUT2D eigenvalue weighted by molar-refractivity contribution is -0.118. The lowest BCUT2D eigenvalue weighted by Gasteiger charge is -2.28. The van der Waals surface area contributed by atoms with E-state index in [1.54, 1.807) is 0 Å². The van der Waals surface area contributed by atoms with E-state index in [-0.39, 0.29) is 5.91 Å². The van der Waals surface area contributed by atoms with Gasteiger partial charge in [-0.25, -0.2) is 0 Å². The van der Waals surface area contributed by atoms with Gasteiger partial charge in [0.1, 0.15) is 0 Å². The van der Waals surface area contributed by atoms with Gasteiger partial charge in [-0.3, -0.25) is 4.79 Å². The number of nitrogens with one attached hydrogen (secondary N) is 2. The molecule has 15 heavy (non-hydrogen) atoms. The maximum Gasteiger partial charge on any atom is 0.246 e. The maximum atomic E-state index is 11.7. The first-order valence-corrected chi connectivity index (χ1v) is 5.84. The number of hydrogen-bond donors (Lipinski definition) is 2. The van der Waals surface area contributed by atoms with Gasteiger partial charge in [0.05, 0.1) is 0 Å². The second-order valence-corrected chi connectivity index (χ2v) is 4.35. The van der Waals surface area contributed by atoms with Crippen LogP contribution in [0.25, 0.3) is 0 Å². The van der Waals surface area contributed by atoms with Crippen LogP contribution >= 0.6 is 0 Å². The van der Waals surface area contributed by atoms with Crippen LogP contribution in [0.4, 0.5) is 0 Å². The molecule has 3 heteroatoms. The van der Waals surface area contributed by atoms with E-state index in [0.717, 1.165) is 31.4 Å². The zero-order chi connectivity index (χ0) is 11.3. The Morgan fingerprint density at radius 3 is 2.93 bits per heavy atom. The average Bonchev–Trinajstić information content (AvgIpc) is 2.18. The molecular weight excluding hydrogens is 188 g/mol. The van der Waals surface area contributed by atoms with Crippen LogP contribution in [0.1, 0.15) is 40.0 Å². The molecule has 1 fully saturated rings. The van der Waals surface area contributed by atoms with Gasteiger partial charge < -0.3 is 10.6 Å². The molecular formula is C12H22N2O. The van der Waals surface area contributed by atoms with E-state index in [2.05, 4.69) is 17.6 Å². The van der Waals surface area contributed by atoms with Gasteiger partial charge >= 0.3 is 0 Å². The number of piperidine rings is 1. The van der Waals surface area contributed by atoms with Crippen LogP contribution in [0.3, 0.4) is 0 Å². The smallest absolute Gasteiger partial charge is 0.246 e. The molecule has 0 bridgehead atoms. The number of rotatable bonds is 3. The topological polar surface area (TPSA) is 41.1 Å². The largest absolute Gasteiger partial charge is 0.349 e. The molecule has 0 saturated carbocycles.